The lowest BCUT2D eigenvalue weighted by Gasteiger charge is -2.23. The van der Waals surface area contributed by atoms with Crippen LogP contribution >= 0.6 is 0 Å². The molecule has 1 aliphatic heterocycles. The van der Waals surface area contributed by atoms with Crippen LogP contribution < -0.4 is 16.2 Å². The summed E-state index contributed by atoms with van der Waals surface area (Å²) in [6.07, 6.45) is 2.45. The minimum Gasteiger partial charge on any atom is -0.354 e. The lowest BCUT2D eigenvalue weighted by molar-refractivity contribution is 0.266. The summed E-state index contributed by atoms with van der Waals surface area (Å²) in [6.45, 7) is 6.42. The number of likely N-dealkylation sites (N-methyl/N-ethyl adjacent to an activating group) is 1. The van der Waals surface area contributed by atoms with Gasteiger partial charge < -0.3 is 15.2 Å². The second kappa shape index (κ2) is 5.71. The van der Waals surface area contributed by atoms with Gasteiger partial charge in [-0.25, -0.2) is 15.8 Å². The molecule has 0 aliphatic carbocycles. The third-order valence-electron chi connectivity index (χ3n) is 3.95. The molecule has 19 heavy (non-hydrogen) atoms. The molecule has 0 spiro atoms. The minimum absolute atomic E-state index is 0.564. The van der Waals surface area contributed by atoms with Gasteiger partial charge in [0.1, 0.15) is 18.0 Å². The molecule has 2 rings (SSSR count). The van der Waals surface area contributed by atoms with Crippen LogP contribution in [0.25, 0.3) is 0 Å². The van der Waals surface area contributed by atoms with Crippen LogP contribution in [-0.2, 0) is 6.42 Å². The van der Waals surface area contributed by atoms with Crippen LogP contribution in [0.3, 0.4) is 0 Å². The summed E-state index contributed by atoms with van der Waals surface area (Å²) in [5, 5.41) is 0. The van der Waals surface area contributed by atoms with Crippen LogP contribution in [0.1, 0.15) is 19.4 Å². The molecule has 0 aromatic carbocycles. The van der Waals surface area contributed by atoms with Crippen molar-refractivity contribution >= 4 is 11.6 Å². The molecule has 0 radical (unpaired) electrons. The Bertz CT molecular complexity index is 433. The van der Waals surface area contributed by atoms with Gasteiger partial charge in [0.25, 0.3) is 0 Å². The zero-order valence-corrected chi connectivity index (χ0v) is 12.2. The Balaban J connectivity index is 2.28. The quantitative estimate of drug-likeness (QED) is 0.616. The topological polar surface area (TPSA) is 70.3 Å². The molecule has 6 heteroatoms. The van der Waals surface area contributed by atoms with E-state index in [0.29, 0.717) is 12.0 Å². The Morgan fingerprint density at radius 2 is 2.16 bits per heavy atom. The van der Waals surface area contributed by atoms with E-state index in [1.54, 1.807) is 6.33 Å². The number of hydrazine groups is 1. The molecule has 1 aromatic rings. The van der Waals surface area contributed by atoms with E-state index in [2.05, 4.69) is 53.1 Å². The van der Waals surface area contributed by atoms with Gasteiger partial charge in [0.15, 0.2) is 0 Å². The predicted octanol–water partition coefficient (Wildman–Crippen LogP) is 0.711. The fourth-order valence-corrected chi connectivity index (χ4v) is 2.92. The molecule has 3 N–H and O–H groups in total. The second-order valence-corrected chi connectivity index (χ2v) is 5.44. The van der Waals surface area contributed by atoms with Crippen molar-refractivity contribution in [1.82, 2.24) is 14.9 Å². The SMILES string of the molecule is CCc1c(NN)ncnc1N1CC(C)C(N(C)C)C1. The van der Waals surface area contributed by atoms with Gasteiger partial charge in [-0.3, -0.25) is 0 Å². The first-order valence-corrected chi connectivity index (χ1v) is 6.80. The number of nitrogens with two attached hydrogens (primary N) is 1. The average Bonchev–Trinajstić information content (AvgIpc) is 2.79. The summed E-state index contributed by atoms with van der Waals surface area (Å²) in [5.41, 5.74) is 3.76. The molecule has 2 heterocycles. The van der Waals surface area contributed by atoms with Gasteiger partial charge in [0.2, 0.25) is 0 Å². The molecular weight excluding hydrogens is 240 g/mol. The standard InChI is InChI=1S/C13H24N6/c1-5-10-12(17-14)15-8-16-13(10)19-6-9(2)11(7-19)18(3)4/h8-9,11H,5-7,14H2,1-4H3,(H,15,16,17). The highest BCUT2D eigenvalue weighted by atomic mass is 15.3. The Labute approximate surface area is 115 Å². The Morgan fingerprint density at radius 1 is 1.42 bits per heavy atom. The molecule has 0 amide bonds. The first kappa shape index (κ1) is 14.0. The van der Waals surface area contributed by atoms with Gasteiger partial charge >= 0.3 is 0 Å². The summed E-state index contributed by atoms with van der Waals surface area (Å²) in [6, 6.07) is 0.564. The summed E-state index contributed by atoms with van der Waals surface area (Å²) < 4.78 is 0. The Hall–Kier alpha value is -1.40. The first-order chi connectivity index (χ1) is 9.08. The van der Waals surface area contributed by atoms with E-state index in [9.17, 15) is 0 Å². The van der Waals surface area contributed by atoms with Crippen LogP contribution in [0.2, 0.25) is 0 Å². The lowest BCUT2D eigenvalue weighted by atomic mass is 10.1. The minimum atomic E-state index is 0.564. The van der Waals surface area contributed by atoms with Crippen LogP contribution in [0.15, 0.2) is 6.33 Å². The van der Waals surface area contributed by atoms with Crippen LogP contribution in [0, 0.1) is 5.92 Å². The van der Waals surface area contributed by atoms with Crippen molar-refractivity contribution in [3.8, 4) is 0 Å². The molecule has 2 unspecified atom stereocenters. The van der Waals surface area contributed by atoms with E-state index in [-0.39, 0.29) is 0 Å². The Morgan fingerprint density at radius 3 is 2.68 bits per heavy atom. The monoisotopic (exact) mass is 264 g/mol. The molecule has 6 nitrogen and oxygen atoms in total. The predicted molar refractivity (Wildman–Crippen MR) is 78.1 cm³/mol. The number of aromatic nitrogens is 2. The van der Waals surface area contributed by atoms with Crippen molar-refractivity contribution in [1.29, 1.82) is 0 Å². The molecule has 1 aliphatic rings. The van der Waals surface area contributed by atoms with Crippen LogP contribution in [0.5, 0.6) is 0 Å². The van der Waals surface area contributed by atoms with Gasteiger partial charge in [-0.1, -0.05) is 13.8 Å². The number of anilines is 2. The van der Waals surface area contributed by atoms with Crippen molar-refractivity contribution in [3.05, 3.63) is 11.9 Å². The van der Waals surface area contributed by atoms with Crippen molar-refractivity contribution in [2.45, 2.75) is 26.3 Å². The fourth-order valence-electron chi connectivity index (χ4n) is 2.92. The second-order valence-electron chi connectivity index (χ2n) is 5.44. The number of nitrogens with one attached hydrogen (secondary N) is 1. The van der Waals surface area contributed by atoms with Gasteiger partial charge in [-0.05, 0) is 26.4 Å². The Kier molecular flexibility index (Phi) is 4.21. The summed E-state index contributed by atoms with van der Waals surface area (Å²) in [7, 11) is 4.27. The van der Waals surface area contributed by atoms with Crippen molar-refractivity contribution in [2.24, 2.45) is 11.8 Å². The van der Waals surface area contributed by atoms with Gasteiger partial charge in [0.05, 0.1) is 0 Å². The maximum atomic E-state index is 5.53. The molecule has 2 atom stereocenters. The van der Waals surface area contributed by atoms with Crippen molar-refractivity contribution < 1.29 is 0 Å². The third kappa shape index (κ3) is 2.64. The number of nitrogen functional groups attached to an aromatic ring is 1. The van der Waals surface area contributed by atoms with Gasteiger partial charge in [-0.2, -0.15) is 0 Å². The molecule has 0 bridgehead atoms. The van der Waals surface area contributed by atoms with E-state index >= 15 is 0 Å². The van der Waals surface area contributed by atoms with Crippen LogP contribution in [0.4, 0.5) is 11.6 Å². The molecule has 0 saturated carbocycles. The molecular formula is C13H24N6. The highest BCUT2D eigenvalue weighted by Crippen LogP contribution is 2.29. The molecule has 1 saturated heterocycles. The summed E-state index contributed by atoms with van der Waals surface area (Å²) in [4.78, 5) is 13.3. The number of hydrogen-bond acceptors (Lipinski definition) is 6. The maximum absolute atomic E-state index is 5.53. The average molecular weight is 264 g/mol. The highest BCUT2D eigenvalue weighted by molar-refractivity contribution is 5.59. The smallest absolute Gasteiger partial charge is 0.148 e. The number of hydrogen-bond donors (Lipinski definition) is 2. The van der Waals surface area contributed by atoms with E-state index in [0.717, 1.165) is 36.7 Å². The fraction of sp³-hybridized carbons (Fsp3) is 0.692. The zero-order chi connectivity index (χ0) is 14.0. The van der Waals surface area contributed by atoms with Crippen molar-refractivity contribution in [3.63, 3.8) is 0 Å². The molecule has 1 fully saturated rings. The zero-order valence-electron chi connectivity index (χ0n) is 12.2. The van der Waals surface area contributed by atoms with Crippen molar-refractivity contribution in [2.75, 3.05) is 37.5 Å². The normalized spacial score (nSPS) is 23.2. The van der Waals surface area contributed by atoms with E-state index in [4.69, 9.17) is 5.84 Å². The van der Waals surface area contributed by atoms with E-state index < -0.39 is 0 Å². The molecule has 106 valence electrons. The number of rotatable bonds is 4. The maximum Gasteiger partial charge on any atom is 0.148 e. The highest BCUT2D eigenvalue weighted by Gasteiger charge is 2.32. The lowest BCUT2D eigenvalue weighted by Crippen LogP contribution is -2.34. The summed E-state index contributed by atoms with van der Waals surface area (Å²) >= 11 is 0. The summed E-state index contributed by atoms with van der Waals surface area (Å²) in [5.74, 6) is 7.90. The van der Waals surface area contributed by atoms with E-state index in [1.165, 1.54) is 0 Å². The first-order valence-electron chi connectivity index (χ1n) is 6.80. The van der Waals surface area contributed by atoms with E-state index in [1.807, 2.05) is 0 Å². The molecule has 1 aromatic heterocycles. The third-order valence-corrected chi connectivity index (χ3v) is 3.95. The largest absolute Gasteiger partial charge is 0.354 e. The van der Waals surface area contributed by atoms with Gasteiger partial charge in [0, 0.05) is 24.7 Å². The van der Waals surface area contributed by atoms with Crippen LogP contribution in [-0.4, -0.2) is 48.1 Å². The van der Waals surface area contributed by atoms with Gasteiger partial charge in [-0.15, -0.1) is 0 Å². The number of nitrogens with zero attached hydrogens (tertiary/aromatic N) is 4.